The molecule has 1 aromatic heterocycles. The molecule has 0 bridgehead atoms. The summed E-state index contributed by atoms with van der Waals surface area (Å²) < 4.78 is 2.00. The highest BCUT2D eigenvalue weighted by Gasteiger charge is 1.98. The number of nitrogens with zero attached hydrogens (tertiary/aromatic N) is 2. The van der Waals surface area contributed by atoms with Gasteiger partial charge in [0.05, 0.1) is 13.2 Å². The Hall–Kier alpha value is -1.65. The van der Waals surface area contributed by atoms with Crippen LogP contribution in [-0.2, 0) is 26.7 Å². The van der Waals surface area contributed by atoms with E-state index < -0.39 is 0 Å². The summed E-state index contributed by atoms with van der Waals surface area (Å²) in [6.07, 6.45) is 3.74. The quantitative estimate of drug-likeness (QED) is 0.813. The number of rotatable bonds is 5. The summed E-state index contributed by atoms with van der Waals surface area (Å²) in [5.74, 6) is 1.02. The number of hydrogen-bond acceptors (Lipinski definition) is 3. The molecule has 0 fully saturated rings. The lowest BCUT2D eigenvalue weighted by molar-refractivity contribution is 0.282. The Balaban J connectivity index is 1.83. The summed E-state index contributed by atoms with van der Waals surface area (Å²) in [5, 5.41) is 12.3. The molecule has 2 aromatic rings. The maximum atomic E-state index is 8.93. The van der Waals surface area contributed by atoms with Crippen LogP contribution in [-0.4, -0.2) is 14.7 Å². The molecule has 17 heavy (non-hydrogen) atoms. The number of nitrogens with one attached hydrogen (secondary N) is 1. The lowest BCUT2D eigenvalue weighted by Gasteiger charge is -2.05. The van der Waals surface area contributed by atoms with Gasteiger partial charge in [-0.1, -0.05) is 24.3 Å². The third-order valence-electron chi connectivity index (χ3n) is 2.74. The minimum atomic E-state index is 0.0982. The molecule has 0 radical (unpaired) electrons. The smallest absolute Gasteiger partial charge is 0.122 e. The zero-order chi connectivity index (χ0) is 12.1. The van der Waals surface area contributed by atoms with Crippen molar-refractivity contribution in [2.24, 2.45) is 7.05 Å². The maximum Gasteiger partial charge on any atom is 0.122 e. The minimum absolute atomic E-state index is 0.0982. The minimum Gasteiger partial charge on any atom is -0.392 e. The van der Waals surface area contributed by atoms with Gasteiger partial charge in [-0.05, 0) is 11.1 Å². The first-order valence-corrected chi connectivity index (χ1v) is 5.65. The molecule has 0 saturated heterocycles. The molecule has 2 N–H and O–H groups in total. The Morgan fingerprint density at radius 1 is 1.18 bits per heavy atom. The predicted molar refractivity (Wildman–Crippen MR) is 66.1 cm³/mol. The topological polar surface area (TPSA) is 50.1 Å². The van der Waals surface area contributed by atoms with Gasteiger partial charge in [0.15, 0.2) is 0 Å². The van der Waals surface area contributed by atoms with E-state index in [1.807, 2.05) is 42.1 Å². The standard InChI is InChI=1S/C13H17N3O/c1-16-7-6-15-13(16)9-14-8-11-2-4-12(10-17)5-3-11/h2-7,14,17H,8-10H2,1H3. The highest BCUT2D eigenvalue weighted by molar-refractivity contribution is 5.21. The molecular weight excluding hydrogens is 214 g/mol. The van der Waals surface area contributed by atoms with Crippen LogP contribution in [0.2, 0.25) is 0 Å². The van der Waals surface area contributed by atoms with E-state index >= 15 is 0 Å². The average molecular weight is 231 g/mol. The number of aromatic nitrogens is 2. The Bertz CT molecular complexity index is 462. The number of benzene rings is 1. The van der Waals surface area contributed by atoms with Gasteiger partial charge in [-0.25, -0.2) is 4.98 Å². The van der Waals surface area contributed by atoms with Crippen molar-refractivity contribution < 1.29 is 5.11 Å². The molecule has 0 atom stereocenters. The molecule has 0 spiro atoms. The molecule has 0 aliphatic rings. The molecule has 0 unspecified atom stereocenters. The van der Waals surface area contributed by atoms with Gasteiger partial charge in [0.25, 0.3) is 0 Å². The van der Waals surface area contributed by atoms with Crippen LogP contribution in [0.25, 0.3) is 0 Å². The molecule has 0 amide bonds. The molecule has 90 valence electrons. The Kier molecular flexibility index (Phi) is 3.90. The highest BCUT2D eigenvalue weighted by Crippen LogP contribution is 2.04. The largest absolute Gasteiger partial charge is 0.392 e. The first-order chi connectivity index (χ1) is 8.29. The number of imidazole rings is 1. The van der Waals surface area contributed by atoms with Gasteiger partial charge in [-0.2, -0.15) is 0 Å². The normalized spacial score (nSPS) is 10.7. The van der Waals surface area contributed by atoms with Gasteiger partial charge in [0, 0.05) is 26.0 Å². The van der Waals surface area contributed by atoms with Crippen LogP contribution < -0.4 is 5.32 Å². The molecule has 4 heteroatoms. The molecule has 0 aliphatic heterocycles. The zero-order valence-electron chi connectivity index (χ0n) is 9.93. The van der Waals surface area contributed by atoms with Crippen LogP contribution in [0, 0.1) is 0 Å². The van der Waals surface area contributed by atoms with E-state index in [1.54, 1.807) is 6.20 Å². The zero-order valence-corrected chi connectivity index (χ0v) is 9.93. The van der Waals surface area contributed by atoms with Crippen LogP contribution in [0.3, 0.4) is 0 Å². The maximum absolute atomic E-state index is 8.93. The fourth-order valence-electron chi connectivity index (χ4n) is 1.65. The second-order valence-corrected chi connectivity index (χ2v) is 4.03. The first kappa shape index (κ1) is 11.8. The van der Waals surface area contributed by atoms with E-state index in [2.05, 4.69) is 10.3 Å². The lowest BCUT2D eigenvalue weighted by Crippen LogP contribution is -2.15. The van der Waals surface area contributed by atoms with Crippen molar-refractivity contribution in [3.63, 3.8) is 0 Å². The van der Waals surface area contributed by atoms with E-state index in [9.17, 15) is 0 Å². The van der Waals surface area contributed by atoms with Gasteiger partial charge >= 0.3 is 0 Å². The molecule has 1 aromatic carbocycles. The van der Waals surface area contributed by atoms with Crippen molar-refractivity contribution in [2.75, 3.05) is 0 Å². The fraction of sp³-hybridized carbons (Fsp3) is 0.308. The second-order valence-electron chi connectivity index (χ2n) is 4.03. The Morgan fingerprint density at radius 2 is 1.88 bits per heavy atom. The van der Waals surface area contributed by atoms with Crippen LogP contribution >= 0.6 is 0 Å². The van der Waals surface area contributed by atoms with E-state index in [4.69, 9.17) is 5.11 Å². The molecule has 2 rings (SSSR count). The van der Waals surface area contributed by atoms with Gasteiger partial charge in [0.2, 0.25) is 0 Å². The number of aliphatic hydroxyl groups is 1. The molecule has 4 nitrogen and oxygen atoms in total. The van der Waals surface area contributed by atoms with E-state index in [1.165, 1.54) is 5.56 Å². The van der Waals surface area contributed by atoms with Crippen molar-refractivity contribution in [3.8, 4) is 0 Å². The summed E-state index contributed by atoms with van der Waals surface area (Å²) in [4.78, 5) is 4.24. The molecule has 0 aliphatic carbocycles. The Labute approximate surface area is 101 Å². The average Bonchev–Trinajstić information content (AvgIpc) is 2.76. The van der Waals surface area contributed by atoms with Crippen molar-refractivity contribution in [1.29, 1.82) is 0 Å². The van der Waals surface area contributed by atoms with Crippen molar-refractivity contribution in [2.45, 2.75) is 19.7 Å². The number of aliphatic hydroxyl groups excluding tert-OH is 1. The monoisotopic (exact) mass is 231 g/mol. The Morgan fingerprint density at radius 3 is 2.47 bits per heavy atom. The van der Waals surface area contributed by atoms with Crippen molar-refractivity contribution >= 4 is 0 Å². The van der Waals surface area contributed by atoms with E-state index in [0.29, 0.717) is 0 Å². The highest BCUT2D eigenvalue weighted by atomic mass is 16.3. The first-order valence-electron chi connectivity index (χ1n) is 5.65. The summed E-state index contributed by atoms with van der Waals surface area (Å²) in [7, 11) is 1.99. The van der Waals surface area contributed by atoms with Gasteiger partial charge in [-0.15, -0.1) is 0 Å². The van der Waals surface area contributed by atoms with Crippen LogP contribution in [0.5, 0.6) is 0 Å². The fourth-order valence-corrected chi connectivity index (χ4v) is 1.65. The summed E-state index contributed by atoms with van der Waals surface area (Å²) in [6, 6.07) is 7.93. The van der Waals surface area contributed by atoms with Crippen molar-refractivity contribution in [3.05, 3.63) is 53.6 Å². The molecular formula is C13H17N3O. The SMILES string of the molecule is Cn1ccnc1CNCc1ccc(CO)cc1. The van der Waals surface area contributed by atoms with Gasteiger partial charge in [0.1, 0.15) is 5.82 Å². The summed E-state index contributed by atoms with van der Waals surface area (Å²) >= 11 is 0. The predicted octanol–water partition coefficient (Wildman–Crippen LogP) is 1.20. The van der Waals surface area contributed by atoms with Crippen LogP contribution in [0.4, 0.5) is 0 Å². The number of aryl methyl sites for hydroxylation is 1. The third kappa shape index (κ3) is 3.15. The van der Waals surface area contributed by atoms with E-state index in [0.717, 1.165) is 24.5 Å². The summed E-state index contributed by atoms with van der Waals surface area (Å²) in [5.41, 5.74) is 2.15. The van der Waals surface area contributed by atoms with Gasteiger partial charge < -0.3 is 15.0 Å². The van der Waals surface area contributed by atoms with Crippen LogP contribution in [0.15, 0.2) is 36.7 Å². The summed E-state index contributed by atoms with van der Waals surface area (Å²) in [6.45, 7) is 1.66. The molecule has 1 heterocycles. The second kappa shape index (κ2) is 5.61. The van der Waals surface area contributed by atoms with Crippen molar-refractivity contribution in [1.82, 2.24) is 14.9 Å². The third-order valence-corrected chi connectivity index (χ3v) is 2.74. The number of hydrogen-bond donors (Lipinski definition) is 2. The van der Waals surface area contributed by atoms with Crippen LogP contribution in [0.1, 0.15) is 17.0 Å². The van der Waals surface area contributed by atoms with E-state index in [-0.39, 0.29) is 6.61 Å². The lowest BCUT2D eigenvalue weighted by atomic mass is 10.1. The molecule has 0 saturated carbocycles. The van der Waals surface area contributed by atoms with Gasteiger partial charge in [-0.3, -0.25) is 0 Å².